The molecule has 0 atom stereocenters. The normalized spacial score (nSPS) is 11.4. The Morgan fingerprint density at radius 2 is 1.95 bits per heavy atom. The Bertz CT molecular complexity index is 587. The van der Waals surface area contributed by atoms with Gasteiger partial charge < -0.3 is 14.5 Å². The maximum Gasteiger partial charge on any atom is 0.374 e. The third-order valence-corrected chi connectivity index (χ3v) is 3.56. The first-order chi connectivity index (χ1) is 10.0. The number of benzene rings is 1. The van der Waals surface area contributed by atoms with Crippen LogP contribution in [-0.4, -0.2) is 19.6 Å². The minimum Gasteiger partial charge on any atom is -0.463 e. The average Bonchev–Trinajstić information content (AvgIpc) is 2.95. The van der Waals surface area contributed by atoms with Gasteiger partial charge in [0.15, 0.2) is 0 Å². The molecule has 0 radical (unpaired) electrons. The van der Waals surface area contributed by atoms with Crippen LogP contribution in [0.5, 0.6) is 0 Å². The average molecular weight is 287 g/mol. The van der Waals surface area contributed by atoms with Crippen molar-refractivity contribution >= 4 is 5.97 Å². The lowest BCUT2D eigenvalue weighted by Crippen LogP contribution is -2.32. The van der Waals surface area contributed by atoms with Gasteiger partial charge in [0.05, 0.1) is 13.4 Å². The number of nitrogens with one attached hydrogen (secondary N) is 1. The highest BCUT2D eigenvalue weighted by atomic mass is 16.5. The second kappa shape index (κ2) is 6.59. The molecule has 0 amide bonds. The van der Waals surface area contributed by atoms with E-state index in [1.807, 2.05) is 18.2 Å². The molecule has 21 heavy (non-hydrogen) atoms. The van der Waals surface area contributed by atoms with Crippen LogP contribution < -0.4 is 5.32 Å². The van der Waals surface area contributed by atoms with Crippen LogP contribution in [-0.2, 0) is 16.7 Å². The Labute approximate surface area is 125 Å². The van der Waals surface area contributed by atoms with Gasteiger partial charge >= 0.3 is 5.97 Å². The van der Waals surface area contributed by atoms with Crippen LogP contribution in [0.2, 0.25) is 0 Å². The molecule has 112 valence electrons. The number of furan rings is 1. The number of methoxy groups -OCH3 is 1. The minimum absolute atomic E-state index is 0.0103. The van der Waals surface area contributed by atoms with Crippen molar-refractivity contribution in [1.82, 2.24) is 5.32 Å². The maximum atomic E-state index is 11.5. The molecule has 0 saturated carbocycles. The monoisotopic (exact) mass is 287 g/mol. The molecular weight excluding hydrogens is 266 g/mol. The van der Waals surface area contributed by atoms with Crippen molar-refractivity contribution in [2.75, 3.05) is 13.7 Å². The van der Waals surface area contributed by atoms with E-state index in [9.17, 15) is 4.79 Å². The van der Waals surface area contributed by atoms with Gasteiger partial charge in [-0.15, -0.1) is 0 Å². The van der Waals surface area contributed by atoms with Crippen LogP contribution in [0.15, 0.2) is 47.1 Å². The predicted octanol–water partition coefficient (Wildman–Crippen LogP) is 3.13. The zero-order valence-electron chi connectivity index (χ0n) is 12.7. The smallest absolute Gasteiger partial charge is 0.374 e. The molecule has 1 aromatic carbocycles. The molecule has 1 N–H and O–H groups in total. The SMILES string of the molecule is COC(=O)c1occc1CNCC(C)(C)c1ccccc1. The first-order valence-electron chi connectivity index (χ1n) is 6.95. The van der Waals surface area contributed by atoms with Crippen molar-refractivity contribution in [3.05, 3.63) is 59.5 Å². The Morgan fingerprint density at radius 1 is 1.24 bits per heavy atom. The van der Waals surface area contributed by atoms with Gasteiger partial charge in [0, 0.05) is 24.1 Å². The summed E-state index contributed by atoms with van der Waals surface area (Å²) in [6.07, 6.45) is 1.51. The molecule has 2 rings (SSSR count). The number of ether oxygens (including phenoxy) is 1. The van der Waals surface area contributed by atoms with Gasteiger partial charge in [0.1, 0.15) is 0 Å². The summed E-state index contributed by atoms with van der Waals surface area (Å²) >= 11 is 0. The summed E-state index contributed by atoms with van der Waals surface area (Å²) in [6, 6.07) is 12.1. The highest BCUT2D eigenvalue weighted by Gasteiger charge is 2.21. The summed E-state index contributed by atoms with van der Waals surface area (Å²) in [4.78, 5) is 11.5. The fourth-order valence-electron chi connectivity index (χ4n) is 2.25. The number of hydrogen-bond donors (Lipinski definition) is 1. The van der Waals surface area contributed by atoms with Gasteiger partial charge in [-0.2, -0.15) is 0 Å². The van der Waals surface area contributed by atoms with E-state index in [0.29, 0.717) is 6.54 Å². The Balaban J connectivity index is 1.96. The summed E-state index contributed by atoms with van der Waals surface area (Å²) in [5, 5.41) is 3.38. The number of hydrogen-bond acceptors (Lipinski definition) is 4. The molecule has 0 fully saturated rings. The van der Waals surface area contributed by atoms with Crippen molar-refractivity contribution in [1.29, 1.82) is 0 Å². The molecule has 0 saturated heterocycles. The molecule has 0 unspecified atom stereocenters. The van der Waals surface area contributed by atoms with Gasteiger partial charge in [-0.3, -0.25) is 0 Å². The predicted molar refractivity (Wildman–Crippen MR) is 81.2 cm³/mol. The third-order valence-electron chi connectivity index (χ3n) is 3.56. The second-order valence-corrected chi connectivity index (χ2v) is 5.62. The number of carbonyl (C=O) groups excluding carboxylic acids is 1. The van der Waals surface area contributed by atoms with Crippen LogP contribution in [0, 0.1) is 0 Å². The number of carbonyl (C=O) groups is 1. The lowest BCUT2D eigenvalue weighted by atomic mass is 9.84. The Kier molecular flexibility index (Phi) is 4.81. The number of esters is 1. The van der Waals surface area contributed by atoms with E-state index in [1.165, 1.54) is 18.9 Å². The lowest BCUT2D eigenvalue weighted by Gasteiger charge is -2.25. The highest BCUT2D eigenvalue weighted by molar-refractivity contribution is 5.87. The van der Waals surface area contributed by atoms with Crippen LogP contribution in [0.25, 0.3) is 0 Å². The van der Waals surface area contributed by atoms with Crippen molar-refractivity contribution < 1.29 is 13.9 Å². The zero-order chi connectivity index (χ0) is 15.3. The lowest BCUT2D eigenvalue weighted by molar-refractivity contribution is 0.0563. The molecule has 1 heterocycles. The van der Waals surface area contributed by atoms with E-state index >= 15 is 0 Å². The molecule has 0 bridgehead atoms. The van der Waals surface area contributed by atoms with E-state index in [2.05, 4.69) is 31.3 Å². The van der Waals surface area contributed by atoms with Gasteiger partial charge in [-0.05, 0) is 11.6 Å². The second-order valence-electron chi connectivity index (χ2n) is 5.62. The molecule has 2 aromatic rings. The van der Waals surface area contributed by atoms with E-state index in [1.54, 1.807) is 6.07 Å². The van der Waals surface area contributed by atoms with Crippen molar-refractivity contribution in [2.45, 2.75) is 25.8 Å². The third kappa shape index (κ3) is 3.73. The van der Waals surface area contributed by atoms with Crippen molar-refractivity contribution in [3.63, 3.8) is 0 Å². The van der Waals surface area contributed by atoms with Gasteiger partial charge in [0.2, 0.25) is 5.76 Å². The summed E-state index contributed by atoms with van der Waals surface area (Å²) in [5.74, 6) is -0.179. The fraction of sp³-hybridized carbons (Fsp3) is 0.353. The zero-order valence-corrected chi connectivity index (χ0v) is 12.7. The van der Waals surface area contributed by atoms with Crippen LogP contribution in [0.4, 0.5) is 0 Å². The standard InChI is InChI=1S/C17H21NO3/c1-17(2,14-7-5-4-6-8-14)12-18-11-13-9-10-21-15(13)16(19)20-3/h4-10,18H,11-12H2,1-3H3. The minimum atomic E-state index is -0.445. The highest BCUT2D eigenvalue weighted by Crippen LogP contribution is 2.22. The fourth-order valence-corrected chi connectivity index (χ4v) is 2.25. The Morgan fingerprint density at radius 3 is 2.62 bits per heavy atom. The topological polar surface area (TPSA) is 51.5 Å². The summed E-state index contributed by atoms with van der Waals surface area (Å²) < 4.78 is 9.86. The van der Waals surface area contributed by atoms with Crippen LogP contribution in [0.3, 0.4) is 0 Å². The molecule has 0 aliphatic heterocycles. The van der Waals surface area contributed by atoms with Crippen LogP contribution in [0.1, 0.15) is 35.5 Å². The Hall–Kier alpha value is -2.07. The molecular formula is C17H21NO3. The largest absolute Gasteiger partial charge is 0.463 e. The van der Waals surface area contributed by atoms with Gasteiger partial charge in [0.25, 0.3) is 0 Å². The van der Waals surface area contributed by atoms with Gasteiger partial charge in [-0.25, -0.2) is 4.79 Å². The van der Waals surface area contributed by atoms with Crippen molar-refractivity contribution in [2.24, 2.45) is 0 Å². The van der Waals surface area contributed by atoms with E-state index in [-0.39, 0.29) is 11.2 Å². The summed E-state index contributed by atoms with van der Waals surface area (Å²) in [6.45, 7) is 5.73. The quantitative estimate of drug-likeness (QED) is 0.829. The molecule has 4 nitrogen and oxygen atoms in total. The maximum absolute atomic E-state index is 11.5. The van der Waals surface area contributed by atoms with E-state index in [0.717, 1.165) is 12.1 Å². The first-order valence-corrected chi connectivity index (χ1v) is 6.95. The first kappa shape index (κ1) is 15.3. The van der Waals surface area contributed by atoms with Crippen LogP contribution >= 0.6 is 0 Å². The molecule has 0 aliphatic carbocycles. The molecule has 4 heteroatoms. The molecule has 0 aliphatic rings. The number of rotatable bonds is 6. The van der Waals surface area contributed by atoms with Crippen molar-refractivity contribution in [3.8, 4) is 0 Å². The van der Waals surface area contributed by atoms with E-state index in [4.69, 9.17) is 9.15 Å². The summed E-state index contributed by atoms with van der Waals surface area (Å²) in [5.41, 5.74) is 2.10. The molecule has 0 spiro atoms. The van der Waals surface area contributed by atoms with Gasteiger partial charge in [-0.1, -0.05) is 44.2 Å². The summed E-state index contributed by atoms with van der Waals surface area (Å²) in [7, 11) is 1.35. The molecule has 1 aromatic heterocycles. The van der Waals surface area contributed by atoms with E-state index < -0.39 is 5.97 Å².